The predicted octanol–water partition coefficient (Wildman–Crippen LogP) is 4.15. The van der Waals surface area contributed by atoms with Crippen molar-refractivity contribution in [1.29, 1.82) is 0 Å². The predicted molar refractivity (Wildman–Crippen MR) is 102 cm³/mol. The molecule has 3 rings (SSSR count). The summed E-state index contributed by atoms with van der Waals surface area (Å²) in [6.45, 7) is 4.05. The minimum atomic E-state index is -0.00850. The Hall–Kier alpha value is -2.53. The molecule has 25 heavy (non-hydrogen) atoms. The van der Waals surface area contributed by atoms with E-state index in [0.717, 1.165) is 16.4 Å². The van der Waals surface area contributed by atoms with Crippen LogP contribution >= 0.6 is 11.8 Å². The van der Waals surface area contributed by atoms with Crippen molar-refractivity contribution in [2.75, 3.05) is 5.75 Å². The monoisotopic (exact) mass is 351 g/mol. The van der Waals surface area contributed by atoms with Gasteiger partial charge in [-0.2, -0.15) is 0 Å². The van der Waals surface area contributed by atoms with Crippen molar-refractivity contribution < 1.29 is 4.79 Å². The Kier molecular flexibility index (Phi) is 5.56. The molecular weight excluding hydrogens is 330 g/mol. The second-order valence-corrected chi connectivity index (χ2v) is 6.85. The average Bonchev–Trinajstić information content (AvgIpc) is 3.09. The maximum absolute atomic E-state index is 12.3. The molecule has 0 fully saturated rings. The highest BCUT2D eigenvalue weighted by atomic mass is 32.2. The smallest absolute Gasteiger partial charge is 0.230 e. The number of nitrogens with zero attached hydrogens (tertiary/aromatic N) is 2. The lowest BCUT2D eigenvalue weighted by molar-refractivity contribution is -0.119. The molecule has 0 aliphatic carbocycles. The lowest BCUT2D eigenvalue weighted by Gasteiger charge is -2.14. The van der Waals surface area contributed by atoms with Gasteiger partial charge < -0.3 is 5.32 Å². The molecule has 1 heterocycles. The number of nitrogens with one attached hydrogen (secondary N) is 1. The highest BCUT2D eigenvalue weighted by Crippen LogP contribution is 2.21. The molecule has 0 bridgehead atoms. The molecule has 1 atom stereocenters. The number of aromatic nitrogens is 2. The van der Waals surface area contributed by atoms with Crippen LogP contribution in [0.1, 0.15) is 24.1 Å². The van der Waals surface area contributed by atoms with Crippen molar-refractivity contribution in [3.05, 3.63) is 78.1 Å². The van der Waals surface area contributed by atoms with E-state index in [2.05, 4.69) is 29.4 Å². The number of carbonyl (C=O) groups excluding carboxylic acids is 1. The standard InChI is InChI=1S/C20H21N3OS/c1-15-7-6-10-18(13-15)23-12-11-21-20(23)25-14-19(24)22-16(2)17-8-4-3-5-9-17/h3-13,16H,14H2,1-2H3,(H,22,24). The number of thioether (sulfide) groups is 1. The summed E-state index contributed by atoms with van der Waals surface area (Å²) in [5.74, 6) is 0.333. The third-order valence-electron chi connectivity index (χ3n) is 3.90. The van der Waals surface area contributed by atoms with Gasteiger partial charge in [0.05, 0.1) is 11.8 Å². The van der Waals surface area contributed by atoms with Gasteiger partial charge in [-0.05, 0) is 37.1 Å². The van der Waals surface area contributed by atoms with Gasteiger partial charge in [0.2, 0.25) is 5.91 Å². The SMILES string of the molecule is Cc1cccc(-n2ccnc2SCC(=O)NC(C)c2ccccc2)c1. The molecule has 3 aromatic rings. The minimum Gasteiger partial charge on any atom is -0.349 e. The van der Waals surface area contributed by atoms with Gasteiger partial charge in [0, 0.05) is 18.1 Å². The van der Waals surface area contributed by atoms with Crippen LogP contribution < -0.4 is 5.32 Å². The second-order valence-electron chi connectivity index (χ2n) is 5.91. The van der Waals surface area contributed by atoms with Crippen molar-refractivity contribution in [3.63, 3.8) is 0 Å². The first-order chi connectivity index (χ1) is 12.1. The van der Waals surface area contributed by atoms with Crippen LogP contribution in [0.3, 0.4) is 0 Å². The Morgan fingerprint density at radius 1 is 1.20 bits per heavy atom. The molecule has 2 aromatic carbocycles. The fourth-order valence-electron chi connectivity index (χ4n) is 2.61. The summed E-state index contributed by atoms with van der Waals surface area (Å²) in [7, 11) is 0. The van der Waals surface area contributed by atoms with Crippen LogP contribution in [0.5, 0.6) is 0 Å². The van der Waals surface area contributed by atoms with Crippen LogP contribution in [-0.2, 0) is 4.79 Å². The molecule has 0 radical (unpaired) electrons. The highest BCUT2D eigenvalue weighted by Gasteiger charge is 2.12. The van der Waals surface area contributed by atoms with Crippen molar-refractivity contribution in [1.82, 2.24) is 14.9 Å². The summed E-state index contributed by atoms with van der Waals surface area (Å²) >= 11 is 1.44. The Morgan fingerprint density at radius 3 is 2.76 bits per heavy atom. The number of amides is 1. The fraction of sp³-hybridized carbons (Fsp3) is 0.200. The number of carbonyl (C=O) groups is 1. The molecule has 0 aliphatic heterocycles. The molecule has 4 nitrogen and oxygen atoms in total. The number of benzene rings is 2. The Bertz CT molecular complexity index is 845. The van der Waals surface area contributed by atoms with Gasteiger partial charge >= 0.3 is 0 Å². The van der Waals surface area contributed by atoms with E-state index in [1.807, 2.05) is 60.2 Å². The largest absolute Gasteiger partial charge is 0.349 e. The molecule has 0 aliphatic rings. The number of aryl methyl sites for hydroxylation is 1. The minimum absolute atomic E-state index is 0.000135. The van der Waals surface area contributed by atoms with E-state index in [0.29, 0.717) is 5.75 Å². The van der Waals surface area contributed by atoms with Gasteiger partial charge in [-0.15, -0.1) is 0 Å². The summed E-state index contributed by atoms with van der Waals surface area (Å²) in [6.07, 6.45) is 3.68. The molecule has 0 saturated heterocycles. The molecule has 5 heteroatoms. The van der Waals surface area contributed by atoms with Crippen molar-refractivity contribution >= 4 is 17.7 Å². The number of hydrogen-bond acceptors (Lipinski definition) is 3. The second kappa shape index (κ2) is 8.03. The number of rotatable bonds is 6. The average molecular weight is 351 g/mol. The summed E-state index contributed by atoms with van der Waals surface area (Å²) in [4.78, 5) is 16.6. The van der Waals surface area contributed by atoms with Crippen molar-refractivity contribution in [3.8, 4) is 5.69 Å². The summed E-state index contributed by atoms with van der Waals surface area (Å²) in [5.41, 5.74) is 3.34. The van der Waals surface area contributed by atoms with Crippen LogP contribution in [0.15, 0.2) is 72.1 Å². The molecule has 1 aromatic heterocycles. The van der Waals surface area contributed by atoms with Crippen molar-refractivity contribution in [2.45, 2.75) is 25.0 Å². The van der Waals surface area contributed by atoms with Gasteiger partial charge in [0.15, 0.2) is 5.16 Å². The van der Waals surface area contributed by atoms with E-state index in [-0.39, 0.29) is 11.9 Å². The van der Waals surface area contributed by atoms with E-state index < -0.39 is 0 Å². The summed E-state index contributed by atoms with van der Waals surface area (Å²) in [5, 5.41) is 3.84. The number of imidazole rings is 1. The van der Waals surface area contributed by atoms with Gasteiger partial charge in [-0.3, -0.25) is 9.36 Å². The van der Waals surface area contributed by atoms with E-state index in [1.165, 1.54) is 17.3 Å². The van der Waals surface area contributed by atoms with Gasteiger partial charge in [0.25, 0.3) is 0 Å². The lowest BCUT2D eigenvalue weighted by atomic mass is 10.1. The molecule has 128 valence electrons. The Balaban J connectivity index is 1.61. The number of hydrogen-bond donors (Lipinski definition) is 1. The fourth-order valence-corrected chi connectivity index (χ4v) is 3.39. The van der Waals surface area contributed by atoms with Crippen LogP contribution in [-0.4, -0.2) is 21.2 Å². The summed E-state index contributed by atoms with van der Waals surface area (Å²) < 4.78 is 2.01. The molecule has 1 unspecified atom stereocenters. The quantitative estimate of drug-likeness (QED) is 0.679. The van der Waals surface area contributed by atoms with Gasteiger partial charge in [-0.1, -0.05) is 54.2 Å². The van der Waals surface area contributed by atoms with Crippen molar-refractivity contribution in [2.24, 2.45) is 0 Å². The molecule has 1 amide bonds. The molecular formula is C20H21N3OS. The Morgan fingerprint density at radius 2 is 2.00 bits per heavy atom. The third kappa shape index (κ3) is 4.51. The first-order valence-corrected chi connectivity index (χ1v) is 9.19. The van der Waals surface area contributed by atoms with E-state index in [9.17, 15) is 4.79 Å². The normalized spacial score (nSPS) is 11.9. The zero-order chi connectivity index (χ0) is 17.6. The van der Waals surface area contributed by atoms with Gasteiger partial charge in [0.1, 0.15) is 0 Å². The van der Waals surface area contributed by atoms with Crippen LogP contribution in [0.2, 0.25) is 0 Å². The lowest BCUT2D eigenvalue weighted by Crippen LogP contribution is -2.28. The topological polar surface area (TPSA) is 46.9 Å². The maximum Gasteiger partial charge on any atom is 0.230 e. The zero-order valence-corrected chi connectivity index (χ0v) is 15.2. The van der Waals surface area contributed by atoms with Crippen LogP contribution in [0.4, 0.5) is 0 Å². The molecule has 0 saturated carbocycles. The van der Waals surface area contributed by atoms with E-state index in [1.54, 1.807) is 6.20 Å². The molecule has 0 spiro atoms. The first kappa shape index (κ1) is 17.3. The van der Waals surface area contributed by atoms with E-state index in [4.69, 9.17) is 0 Å². The molecule has 1 N–H and O–H groups in total. The van der Waals surface area contributed by atoms with Crippen LogP contribution in [0, 0.1) is 6.92 Å². The Labute approximate surface area is 152 Å². The third-order valence-corrected chi connectivity index (χ3v) is 4.86. The highest BCUT2D eigenvalue weighted by molar-refractivity contribution is 7.99. The summed E-state index contributed by atoms with van der Waals surface area (Å²) in [6, 6.07) is 18.2. The maximum atomic E-state index is 12.3. The zero-order valence-electron chi connectivity index (χ0n) is 14.3. The van der Waals surface area contributed by atoms with Crippen LogP contribution in [0.25, 0.3) is 5.69 Å². The van der Waals surface area contributed by atoms with E-state index >= 15 is 0 Å². The first-order valence-electron chi connectivity index (χ1n) is 8.21. The van der Waals surface area contributed by atoms with Gasteiger partial charge in [-0.25, -0.2) is 4.98 Å².